The first-order chi connectivity index (χ1) is 10.1. The molecule has 2 aliphatic rings. The highest BCUT2D eigenvalue weighted by atomic mass is 16.7. The fourth-order valence-corrected chi connectivity index (χ4v) is 2.67. The topological polar surface area (TPSA) is 61.8 Å². The van der Waals surface area contributed by atoms with E-state index in [0.717, 1.165) is 24.8 Å². The van der Waals surface area contributed by atoms with Gasteiger partial charge in [-0.1, -0.05) is 0 Å². The molecular formula is C16H18O5. The summed E-state index contributed by atoms with van der Waals surface area (Å²) in [6.07, 6.45) is 3.07. The summed E-state index contributed by atoms with van der Waals surface area (Å²) >= 11 is 0. The van der Waals surface area contributed by atoms with E-state index in [-0.39, 0.29) is 25.0 Å². The van der Waals surface area contributed by atoms with Gasteiger partial charge in [-0.25, -0.2) is 0 Å². The molecule has 1 saturated carbocycles. The van der Waals surface area contributed by atoms with Gasteiger partial charge >= 0.3 is 0 Å². The highest BCUT2D eigenvalue weighted by Crippen LogP contribution is 2.43. The summed E-state index contributed by atoms with van der Waals surface area (Å²) in [5.74, 6) is 1.33. The molecule has 0 saturated heterocycles. The average Bonchev–Trinajstić information content (AvgIpc) is 3.19. The molecule has 1 aromatic carbocycles. The van der Waals surface area contributed by atoms with Crippen molar-refractivity contribution in [2.45, 2.75) is 26.2 Å². The second-order valence-corrected chi connectivity index (χ2v) is 5.57. The van der Waals surface area contributed by atoms with E-state index >= 15 is 0 Å². The maximum absolute atomic E-state index is 12.1. The molecule has 3 rings (SSSR count). The fraction of sp³-hybridized carbons (Fsp3) is 0.500. The normalized spacial score (nSPS) is 16.6. The van der Waals surface area contributed by atoms with Crippen molar-refractivity contribution >= 4 is 11.6 Å². The third-order valence-corrected chi connectivity index (χ3v) is 3.88. The molecule has 0 bridgehead atoms. The van der Waals surface area contributed by atoms with Gasteiger partial charge in [-0.15, -0.1) is 0 Å². The lowest BCUT2D eigenvalue weighted by atomic mass is 9.94. The third kappa shape index (κ3) is 2.65. The summed E-state index contributed by atoms with van der Waals surface area (Å²) in [6.45, 7) is 1.57. The molecule has 0 atom stereocenters. The average molecular weight is 290 g/mol. The van der Waals surface area contributed by atoms with E-state index in [1.54, 1.807) is 6.07 Å². The fourth-order valence-electron chi connectivity index (χ4n) is 2.67. The highest BCUT2D eigenvalue weighted by Gasteiger charge is 2.33. The van der Waals surface area contributed by atoms with Crippen molar-refractivity contribution in [2.24, 2.45) is 5.92 Å². The summed E-state index contributed by atoms with van der Waals surface area (Å²) < 4.78 is 16.0. The lowest BCUT2D eigenvalue weighted by Crippen LogP contribution is -2.11. The summed E-state index contributed by atoms with van der Waals surface area (Å²) in [5.41, 5.74) is 1.86. The zero-order valence-corrected chi connectivity index (χ0v) is 12.2. The van der Waals surface area contributed by atoms with Crippen molar-refractivity contribution in [1.82, 2.24) is 0 Å². The molecule has 0 amide bonds. The van der Waals surface area contributed by atoms with Gasteiger partial charge in [-0.3, -0.25) is 9.59 Å². The Balaban J connectivity index is 2.13. The Bertz CT molecular complexity index is 601. The quantitative estimate of drug-likeness (QED) is 0.594. The van der Waals surface area contributed by atoms with Crippen LogP contribution >= 0.6 is 0 Å². The Morgan fingerprint density at radius 1 is 1.43 bits per heavy atom. The SMILES string of the molecule is COCOc1c(CC2CC2)c(C(C)=O)cc2c1C(=O)CO2. The van der Waals surface area contributed by atoms with Gasteiger partial charge in [0.1, 0.15) is 17.1 Å². The maximum atomic E-state index is 12.1. The van der Waals surface area contributed by atoms with Crippen LogP contribution in [0, 0.1) is 5.92 Å². The van der Waals surface area contributed by atoms with Crippen molar-refractivity contribution in [3.63, 3.8) is 0 Å². The van der Waals surface area contributed by atoms with E-state index in [0.29, 0.717) is 28.5 Å². The predicted molar refractivity (Wildman–Crippen MR) is 75.2 cm³/mol. The van der Waals surface area contributed by atoms with Crippen molar-refractivity contribution in [3.05, 3.63) is 22.8 Å². The van der Waals surface area contributed by atoms with Crippen LogP contribution in [0.25, 0.3) is 0 Å². The number of hydrogen-bond acceptors (Lipinski definition) is 5. The van der Waals surface area contributed by atoms with Crippen LogP contribution in [0.3, 0.4) is 0 Å². The van der Waals surface area contributed by atoms with Gasteiger partial charge in [0, 0.05) is 18.2 Å². The van der Waals surface area contributed by atoms with Crippen LogP contribution in [0.1, 0.15) is 46.0 Å². The largest absolute Gasteiger partial charge is 0.485 e. The van der Waals surface area contributed by atoms with Crippen LogP contribution in [-0.2, 0) is 11.2 Å². The van der Waals surface area contributed by atoms with Gasteiger partial charge in [-0.05, 0) is 38.2 Å². The number of hydrogen-bond donors (Lipinski definition) is 0. The van der Waals surface area contributed by atoms with E-state index in [2.05, 4.69) is 0 Å². The van der Waals surface area contributed by atoms with E-state index in [1.807, 2.05) is 0 Å². The lowest BCUT2D eigenvalue weighted by Gasteiger charge is -2.16. The molecule has 0 spiro atoms. The summed E-state index contributed by atoms with van der Waals surface area (Å²) in [4.78, 5) is 24.0. The Morgan fingerprint density at radius 3 is 2.81 bits per heavy atom. The van der Waals surface area contributed by atoms with Crippen LogP contribution in [0.5, 0.6) is 11.5 Å². The first kappa shape index (κ1) is 14.1. The van der Waals surface area contributed by atoms with Crippen LogP contribution in [-0.4, -0.2) is 32.1 Å². The second kappa shape index (κ2) is 5.48. The van der Waals surface area contributed by atoms with E-state index in [1.165, 1.54) is 14.0 Å². The van der Waals surface area contributed by atoms with Gasteiger partial charge in [-0.2, -0.15) is 0 Å². The monoisotopic (exact) mass is 290 g/mol. The number of methoxy groups -OCH3 is 1. The zero-order chi connectivity index (χ0) is 15.0. The van der Waals surface area contributed by atoms with Crippen LogP contribution in [0.2, 0.25) is 0 Å². The molecular weight excluding hydrogens is 272 g/mol. The maximum Gasteiger partial charge on any atom is 0.207 e. The van der Waals surface area contributed by atoms with Gasteiger partial charge in [0.25, 0.3) is 0 Å². The van der Waals surface area contributed by atoms with E-state index in [4.69, 9.17) is 14.2 Å². The minimum Gasteiger partial charge on any atom is -0.485 e. The van der Waals surface area contributed by atoms with Crippen molar-refractivity contribution in [3.8, 4) is 11.5 Å². The number of ether oxygens (including phenoxy) is 3. The van der Waals surface area contributed by atoms with Gasteiger partial charge in [0.2, 0.25) is 5.78 Å². The van der Waals surface area contributed by atoms with Crippen molar-refractivity contribution in [2.75, 3.05) is 20.5 Å². The Morgan fingerprint density at radius 2 is 2.19 bits per heavy atom. The number of Topliss-reactive ketones (excluding diaryl/α,β-unsaturated/α-hetero) is 2. The number of rotatable bonds is 6. The number of ketones is 2. The van der Waals surface area contributed by atoms with Crippen molar-refractivity contribution in [1.29, 1.82) is 0 Å². The minimum absolute atomic E-state index is 0.00288. The first-order valence-electron chi connectivity index (χ1n) is 7.10. The smallest absolute Gasteiger partial charge is 0.207 e. The van der Waals surface area contributed by atoms with Gasteiger partial charge < -0.3 is 14.2 Å². The molecule has 0 radical (unpaired) electrons. The molecule has 1 fully saturated rings. The number of carbonyl (C=O) groups excluding carboxylic acids is 2. The Hall–Kier alpha value is -1.88. The van der Waals surface area contributed by atoms with Crippen molar-refractivity contribution < 1.29 is 23.8 Å². The predicted octanol–water partition coefficient (Wildman–Crippen LogP) is 2.40. The number of carbonyl (C=O) groups is 2. The Kier molecular flexibility index (Phi) is 3.68. The second-order valence-electron chi connectivity index (χ2n) is 5.57. The Labute approximate surface area is 123 Å². The lowest BCUT2D eigenvalue weighted by molar-refractivity contribution is 0.0495. The summed E-state index contributed by atoms with van der Waals surface area (Å²) in [5, 5.41) is 0. The highest BCUT2D eigenvalue weighted by molar-refractivity contribution is 6.07. The molecule has 21 heavy (non-hydrogen) atoms. The molecule has 1 heterocycles. The minimum atomic E-state index is -0.108. The molecule has 0 N–H and O–H groups in total. The molecule has 1 aromatic rings. The molecule has 1 aliphatic heterocycles. The molecule has 1 aliphatic carbocycles. The van der Waals surface area contributed by atoms with Crippen LogP contribution in [0.15, 0.2) is 6.07 Å². The zero-order valence-electron chi connectivity index (χ0n) is 12.2. The van der Waals surface area contributed by atoms with E-state index < -0.39 is 0 Å². The van der Waals surface area contributed by atoms with E-state index in [9.17, 15) is 9.59 Å². The van der Waals surface area contributed by atoms with Crippen LogP contribution in [0.4, 0.5) is 0 Å². The summed E-state index contributed by atoms with van der Waals surface area (Å²) in [6, 6.07) is 1.68. The standard InChI is InChI=1S/C16H18O5/c1-9(17)11-6-14-15(13(18)7-20-14)16(21-8-19-2)12(11)5-10-3-4-10/h6,10H,3-5,7-8H2,1-2H3. The number of fused-ring (bicyclic) bond motifs is 1. The van der Waals surface area contributed by atoms with Crippen LogP contribution < -0.4 is 9.47 Å². The first-order valence-corrected chi connectivity index (χ1v) is 7.10. The molecule has 5 heteroatoms. The molecule has 112 valence electrons. The molecule has 0 unspecified atom stereocenters. The molecule has 5 nitrogen and oxygen atoms in total. The third-order valence-electron chi connectivity index (χ3n) is 3.88. The number of benzene rings is 1. The molecule has 0 aromatic heterocycles. The summed E-state index contributed by atoms with van der Waals surface area (Å²) in [7, 11) is 1.52. The van der Waals surface area contributed by atoms with Gasteiger partial charge in [0.15, 0.2) is 19.2 Å². The van der Waals surface area contributed by atoms with Gasteiger partial charge in [0.05, 0.1) is 0 Å².